The van der Waals surface area contributed by atoms with E-state index in [4.69, 9.17) is 4.42 Å². The van der Waals surface area contributed by atoms with Gasteiger partial charge in [-0.3, -0.25) is 9.52 Å². The van der Waals surface area contributed by atoms with Gasteiger partial charge in [0.2, 0.25) is 0 Å². The monoisotopic (exact) mass is 456 g/mol. The van der Waals surface area contributed by atoms with E-state index in [0.717, 1.165) is 5.56 Å². The maximum Gasteiger partial charge on any atom is 0.341 e. The van der Waals surface area contributed by atoms with Crippen LogP contribution in [-0.2, 0) is 21.3 Å². The Kier molecular flexibility index (Phi) is 6.69. The average molecular weight is 457 g/mol. The Balaban J connectivity index is 1.66. The summed E-state index contributed by atoms with van der Waals surface area (Å²) in [7, 11) is -2.48. The molecule has 0 radical (unpaired) electrons. The third-order valence-electron chi connectivity index (χ3n) is 4.83. The standard InChI is InChI=1S/C23H24N2O6S/c1-14-5-6-15(2)21(11-14)32(28,29)25-18-9-7-17(8-10-18)22(26)24-13-19-12-20(16(3)31-19)23(27)30-4/h5-12,25H,13H2,1-4H3,(H,24,26). The van der Waals surface area contributed by atoms with E-state index in [0.29, 0.717) is 33.9 Å². The Hall–Kier alpha value is -3.59. The quantitative estimate of drug-likeness (QED) is 0.524. The van der Waals surface area contributed by atoms with Crippen molar-refractivity contribution in [2.24, 2.45) is 0 Å². The molecule has 8 nitrogen and oxygen atoms in total. The lowest BCUT2D eigenvalue weighted by Gasteiger charge is -2.11. The molecule has 0 saturated heterocycles. The van der Waals surface area contributed by atoms with Gasteiger partial charge in [-0.2, -0.15) is 0 Å². The summed E-state index contributed by atoms with van der Waals surface area (Å²) in [4.78, 5) is 24.3. The number of furan rings is 1. The van der Waals surface area contributed by atoms with Crippen molar-refractivity contribution >= 4 is 27.6 Å². The normalized spacial score (nSPS) is 11.1. The number of aryl methyl sites for hydroxylation is 3. The molecule has 0 unspecified atom stereocenters. The molecule has 3 aromatic rings. The summed E-state index contributed by atoms with van der Waals surface area (Å²) in [5.41, 5.74) is 2.47. The molecule has 2 N–H and O–H groups in total. The predicted octanol–water partition coefficient (Wildman–Crippen LogP) is 3.72. The van der Waals surface area contributed by atoms with Gasteiger partial charge in [-0.1, -0.05) is 12.1 Å². The van der Waals surface area contributed by atoms with E-state index in [9.17, 15) is 18.0 Å². The Labute approximate surface area is 186 Å². The predicted molar refractivity (Wildman–Crippen MR) is 119 cm³/mol. The fourth-order valence-electron chi connectivity index (χ4n) is 3.11. The molecule has 1 heterocycles. The second kappa shape index (κ2) is 9.27. The molecule has 0 aliphatic rings. The minimum Gasteiger partial charge on any atom is -0.465 e. The summed E-state index contributed by atoms with van der Waals surface area (Å²) in [5, 5.41) is 2.70. The molecule has 168 valence electrons. The second-order valence-electron chi connectivity index (χ2n) is 7.31. The van der Waals surface area contributed by atoms with Crippen molar-refractivity contribution < 1.29 is 27.2 Å². The molecule has 0 aliphatic heterocycles. The number of hydrogen-bond donors (Lipinski definition) is 2. The molecule has 0 atom stereocenters. The summed E-state index contributed by atoms with van der Waals surface area (Å²) < 4.78 is 38.1. The molecule has 3 rings (SSSR count). The van der Waals surface area contributed by atoms with Crippen LogP contribution in [0.2, 0.25) is 0 Å². The van der Waals surface area contributed by atoms with Crippen LogP contribution in [-0.4, -0.2) is 27.4 Å². The maximum absolute atomic E-state index is 12.7. The Bertz CT molecular complexity index is 1260. The fourth-order valence-corrected chi connectivity index (χ4v) is 4.50. The smallest absolute Gasteiger partial charge is 0.341 e. The molecule has 9 heteroatoms. The summed E-state index contributed by atoms with van der Waals surface area (Å²) in [6, 6.07) is 12.8. The van der Waals surface area contributed by atoms with Crippen molar-refractivity contribution in [2.45, 2.75) is 32.2 Å². The van der Waals surface area contributed by atoms with E-state index >= 15 is 0 Å². The van der Waals surface area contributed by atoms with Crippen LogP contribution in [0.3, 0.4) is 0 Å². The highest BCUT2D eigenvalue weighted by Gasteiger charge is 2.18. The van der Waals surface area contributed by atoms with Crippen molar-refractivity contribution in [3.63, 3.8) is 0 Å². The number of sulfonamides is 1. The summed E-state index contributed by atoms with van der Waals surface area (Å²) in [5.74, 6) is -0.0685. The Morgan fingerprint density at radius 1 is 1.00 bits per heavy atom. The number of ether oxygens (including phenoxy) is 1. The highest BCUT2D eigenvalue weighted by atomic mass is 32.2. The van der Waals surface area contributed by atoms with Crippen LogP contribution in [0.5, 0.6) is 0 Å². The molecular weight excluding hydrogens is 432 g/mol. The average Bonchev–Trinajstić information content (AvgIpc) is 3.13. The molecule has 0 fully saturated rings. The number of rotatable bonds is 7. The van der Waals surface area contributed by atoms with Gasteiger partial charge in [0.15, 0.2) is 0 Å². The highest BCUT2D eigenvalue weighted by Crippen LogP contribution is 2.21. The van der Waals surface area contributed by atoms with Gasteiger partial charge in [-0.25, -0.2) is 13.2 Å². The van der Waals surface area contributed by atoms with E-state index in [-0.39, 0.29) is 17.3 Å². The largest absolute Gasteiger partial charge is 0.465 e. The van der Waals surface area contributed by atoms with Crippen LogP contribution in [0.1, 0.15) is 43.4 Å². The summed E-state index contributed by atoms with van der Waals surface area (Å²) >= 11 is 0. The SMILES string of the molecule is COC(=O)c1cc(CNC(=O)c2ccc(NS(=O)(=O)c3cc(C)ccc3C)cc2)oc1C. The first-order valence-electron chi connectivity index (χ1n) is 9.76. The van der Waals surface area contributed by atoms with Gasteiger partial charge in [0, 0.05) is 11.3 Å². The highest BCUT2D eigenvalue weighted by molar-refractivity contribution is 7.92. The number of carbonyl (C=O) groups is 2. The zero-order valence-electron chi connectivity index (χ0n) is 18.2. The van der Waals surface area contributed by atoms with Gasteiger partial charge in [-0.15, -0.1) is 0 Å². The van der Waals surface area contributed by atoms with E-state index in [1.807, 2.05) is 13.0 Å². The van der Waals surface area contributed by atoms with Crippen molar-refractivity contribution in [2.75, 3.05) is 11.8 Å². The van der Waals surface area contributed by atoms with Gasteiger partial charge >= 0.3 is 5.97 Å². The summed E-state index contributed by atoms with van der Waals surface area (Å²) in [6.07, 6.45) is 0. The molecule has 32 heavy (non-hydrogen) atoms. The summed E-state index contributed by atoms with van der Waals surface area (Å²) in [6.45, 7) is 5.27. The van der Waals surface area contributed by atoms with Crippen LogP contribution in [0.25, 0.3) is 0 Å². The van der Waals surface area contributed by atoms with Crippen molar-refractivity contribution in [3.05, 3.63) is 82.3 Å². The third-order valence-corrected chi connectivity index (χ3v) is 6.35. The first kappa shape index (κ1) is 23.1. The van der Waals surface area contributed by atoms with Crippen LogP contribution >= 0.6 is 0 Å². The van der Waals surface area contributed by atoms with Crippen molar-refractivity contribution in [1.29, 1.82) is 0 Å². The first-order valence-corrected chi connectivity index (χ1v) is 11.2. The van der Waals surface area contributed by atoms with Gasteiger partial charge in [-0.05, 0) is 68.3 Å². The van der Waals surface area contributed by atoms with Gasteiger partial charge in [0.05, 0.1) is 18.6 Å². The first-order chi connectivity index (χ1) is 15.1. The van der Waals surface area contributed by atoms with Gasteiger partial charge < -0.3 is 14.5 Å². The molecular formula is C23H24N2O6S. The van der Waals surface area contributed by atoms with E-state index in [2.05, 4.69) is 14.8 Å². The molecule has 0 saturated carbocycles. The minimum atomic E-state index is -3.76. The Morgan fingerprint density at radius 3 is 2.34 bits per heavy atom. The molecule has 0 spiro atoms. The van der Waals surface area contributed by atoms with Crippen molar-refractivity contribution in [1.82, 2.24) is 5.32 Å². The molecule has 0 aliphatic carbocycles. The van der Waals surface area contributed by atoms with Gasteiger partial charge in [0.25, 0.3) is 15.9 Å². The van der Waals surface area contributed by atoms with Crippen molar-refractivity contribution in [3.8, 4) is 0 Å². The third kappa shape index (κ3) is 5.17. The molecule has 1 amide bonds. The maximum atomic E-state index is 12.7. The number of hydrogen-bond acceptors (Lipinski definition) is 6. The van der Waals surface area contributed by atoms with Crippen LogP contribution in [0, 0.1) is 20.8 Å². The molecule has 2 aromatic carbocycles. The van der Waals surface area contributed by atoms with E-state index in [1.54, 1.807) is 26.0 Å². The number of carbonyl (C=O) groups excluding carboxylic acids is 2. The minimum absolute atomic E-state index is 0.0810. The second-order valence-corrected chi connectivity index (χ2v) is 8.96. The number of esters is 1. The number of nitrogens with one attached hydrogen (secondary N) is 2. The Morgan fingerprint density at radius 2 is 1.69 bits per heavy atom. The number of methoxy groups -OCH3 is 1. The lowest BCUT2D eigenvalue weighted by molar-refractivity contribution is 0.0598. The number of amides is 1. The van der Waals surface area contributed by atoms with Crippen LogP contribution in [0.4, 0.5) is 5.69 Å². The van der Waals surface area contributed by atoms with Crippen LogP contribution < -0.4 is 10.0 Å². The zero-order chi connectivity index (χ0) is 23.5. The molecule has 0 bridgehead atoms. The van der Waals surface area contributed by atoms with Gasteiger partial charge in [0.1, 0.15) is 17.1 Å². The topological polar surface area (TPSA) is 115 Å². The van der Waals surface area contributed by atoms with E-state index in [1.165, 1.54) is 37.4 Å². The van der Waals surface area contributed by atoms with Crippen LogP contribution in [0.15, 0.2) is 57.8 Å². The number of anilines is 1. The fraction of sp³-hybridized carbons (Fsp3) is 0.217. The van der Waals surface area contributed by atoms with E-state index < -0.39 is 16.0 Å². The molecule has 1 aromatic heterocycles. The lowest BCUT2D eigenvalue weighted by atomic mass is 10.2. The lowest BCUT2D eigenvalue weighted by Crippen LogP contribution is -2.22. The zero-order valence-corrected chi connectivity index (χ0v) is 19.0. The number of benzene rings is 2.